The van der Waals surface area contributed by atoms with Crippen LogP contribution in [-0.2, 0) is 4.79 Å². The van der Waals surface area contributed by atoms with Gasteiger partial charge in [-0.3, -0.25) is 4.79 Å². The SMILES string of the molecule is Cc1cc(N(C)CC(=O)CC#N)ccc1F. The molecule has 1 aromatic rings. The molecule has 0 aliphatic heterocycles. The maximum Gasteiger partial charge on any atom is 0.166 e. The molecule has 0 spiro atoms. The van der Waals surface area contributed by atoms with E-state index < -0.39 is 0 Å². The van der Waals surface area contributed by atoms with Crippen LogP contribution in [0.4, 0.5) is 10.1 Å². The minimum atomic E-state index is -0.263. The Kier molecular flexibility index (Phi) is 4.01. The average molecular weight is 220 g/mol. The predicted octanol–water partition coefficient (Wildman–Crippen LogP) is 2.05. The monoisotopic (exact) mass is 220 g/mol. The molecule has 0 radical (unpaired) electrons. The lowest BCUT2D eigenvalue weighted by atomic mass is 10.2. The van der Waals surface area contributed by atoms with E-state index in [1.165, 1.54) is 6.07 Å². The Hall–Kier alpha value is -1.89. The first kappa shape index (κ1) is 12.2. The van der Waals surface area contributed by atoms with Crippen LogP contribution in [0.2, 0.25) is 0 Å². The number of Topliss-reactive ketones (excluding diaryl/α,β-unsaturated/α-hetero) is 1. The topological polar surface area (TPSA) is 44.1 Å². The van der Waals surface area contributed by atoms with Crippen LogP contribution in [0.15, 0.2) is 18.2 Å². The summed E-state index contributed by atoms with van der Waals surface area (Å²) in [5, 5.41) is 8.36. The van der Waals surface area contributed by atoms with E-state index in [0.29, 0.717) is 5.56 Å². The molecule has 0 N–H and O–H groups in total. The Labute approximate surface area is 94.1 Å². The van der Waals surface area contributed by atoms with Gasteiger partial charge in [0.25, 0.3) is 0 Å². The van der Waals surface area contributed by atoms with Crippen LogP contribution in [0.1, 0.15) is 12.0 Å². The maximum atomic E-state index is 13.0. The molecule has 1 aromatic carbocycles. The number of anilines is 1. The molecule has 1 rings (SSSR count). The minimum absolute atomic E-state index is 0.0927. The highest BCUT2D eigenvalue weighted by atomic mass is 19.1. The lowest BCUT2D eigenvalue weighted by Crippen LogP contribution is -2.25. The first-order chi connectivity index (χ1) is 7.54. The third-order valence-electron chi connectivity index (χ3n) is 2.27. The van der Waals surface area contributed by atoms with Gasteiger partial charge in [0.2, 0.25) is 0 Å². The number of nitriles is 1. The Morgan fingerprint density at radius 2 is 2.25 bits per heavy atom. The molecular weight excluding hydrogens is 207 g/mol. The van der Waals surface area contributed by atoms with Gasteiger partial charge in [0.1, 0.15) is 5.82 Å². The summed E-state index contributed by atoms with van der Waals surface area (Å²) in [6.07, 6.45) is -0.0927. The molecule has 0 fully saturated rings. The van der Waals surface area contributed by atoms with Gasteiger partial charge in [-0.25, -0.2) is 4.39 Å². The van der Waals surface area contributed by atoms with Crippen molar-refractivity contribution in [2.75, 3.05) is 18.5 Å². The number of carbonyl (C=O) groups is 1. The second-order valence-electron chi connectivity index (χ2n) is 3.66. The zero-order valence-electron chi connectivity index (χ0n) is 9.33. The van der Waals surface area contributed by atoms with Gasteiger partial charge in [-0.05, 0) is 30.7 Å². The molecule has 0 bridgehead atoms. The lowest BCUT2D eigenvalue weighted by molar-refractivity contribution is -0.116. The largest absolute Gasteiger partial charge is 0.367 e. The number of hydrogen-bond donors (Lipinski definition) is 0. The van der Waals surface area contributed by atoms with Crippen LogP contribution in [0.25, 0.3) is 0 Å². The summed E-state index contributed by atoms with van der Waals surface area (Å²) in [5.41, 5.74) is 1.31. The maximum absolute atomic E-state index is 13.0. The Morgan fingerprint density at radius 3 is 2.81 bits per heavy atom. The van der Waals surface area contributed by atoms with Gasteiger partial charge in [0.15, 0.2) is 5.78 Å². The number of rotatable bonds is 4. The summed E-state index contributed by atoms with van der Waals surface area (Å²) >= 11 is 0. The second-order valence-corrected chi connectivity index (χ2v) is 3.66. The minimum Gasteiger partial charge on any atom is -0.367 e. The van der Waals surface area contributed by atoms with Crippen molar-refractivity contribution in [3.63, 3.8) is 0 Å². The Morgan fingerprint density at radius 1 is 1.56 bits per heavy atom. The molecule has 0 unspecified atom stereocenters. The average Bonchev–Trinajstić information content (AvgIpc) is 2.22. The quantitative estimate of drug-likeness (QED) is 0.780. The van der Waals surface area contributed by atoms with E-state index in [4.69, 9.17) is 5.26 Å². The highest BCUT2D eigenvalue weighted by Gasteiger charge is 2.08. The smallest absolute Gasteiger partial charge is 0.166 e. The first-order valence-corrected chi connectivity index (χ1v) is 4.90. The number of halogens is 1. The van der Waals surface area contributed by atoms with Crippen molar-refractivity contribution in [3.05, 3.63) is 29.6 Å². The molecule has 0 saturated heterocycles. The van der Waals surface area contributed by atoms with Gasteiger partial charge >= 0.3 is 0 Å². The number of benzene rings is 1. The van der Waals surface area contributed by atoms with Gasteiger partial charge in [-0.15, -0.1) is 0 Å². The summed E-state index contributed by atoms with van der Waals surface area (Å²) in [4.78, 5) is 12.9. The van der Waals surface area contributed by atoms with E-state index in [2.05, 4.69) is 0 Å². The zero-order chi connectivity index (χ0) is 12.1. The molecule has 0 amide bonds. The molecule has 0 saturated carbocycles. The number of aryl methyl sites for hydroxylation is 1. The molecule has 84 valence electrons. The zero-order valence-corrected chi connectivity index (χ0v) is 9.33. The Balaban J connectivity index is 2.74. The van der Waals surface area contributed by atoms with Crippen LogP contribution in [0.3, 0.4) is 0 Å². The van der Waals surface area contributed by atoms with Crippen LogP contribution in [-0.4, -0.2) is 19.4 Å². The van der Waals surface area contributed by atoms with Crippen LogP contribution in [0, 0.1) is 24.1 Å². The number of nitrogens with zero attached hydrogens (tertiary/aromatic N) is 2. The summed E-state index contributed by atoms with van der Waals surface area (Å²) in [6.45, 7) is 1.84. The fourth-order valence-corrected chi connectivity index (χ4v) is 1.37. The molecule has 0 atom stereocenters. The summed E-state index contributed by atoms with van der Waals surface area (Å²) in [6, 6.07) is 6.47. The number of carbonyl (C=O) groups excluding carboxylic acids is 1. The van der Waals surface area contributed by atoms with E-state index in [1.54, 1.807) is 31.0 Å². The van der Waals surface area contributed by atoms with Crippen molar-refractivity contribution in [3.8, 4) is 6.07 Å². The molecule has 0 aliphatic rings. The highest BCUT2D eigenvalue weighted by molar-refractivity contribution is 5.85. The van der Waals surface area contributed by atoms with E-state index in [-0.39, 0.29) is 24.6 Å². The van der Waals surface area contributed by atoms with Crippen molar-refractivity contribution >= 4 is 11.5 Å². The third kappa shape index (κ3) is 3.06. The van der Waals surface area contributed by atoms with Crippen LogP contribution >= 0.6 is 0 Å². The second kappa shape index (κ2) is 5.26. The van der Waals surface area contributed by atoms with E-state index in [1.807, 2.05) is 6.07 Å². The fourth-order valence-electron chi connectivity index (χ4n) is 1.37. The van der Waals surface area contributed by atoms with Gasteiger partial charge in [0.05, 0.1) is 19.0 Å². The Bertz CT molecular complexity index is 437. The molecule has 4 heteroatoms. The first-order valence-electron chi connectivity index (χ1n) is 4.90. The van der Waals surface area contributed by atoms with Crippen molar-refractivity contribution in [1.29, 1.82) is 5.26 Å². The standard InChI is InChI=1S/C12H13FN2O/c1-9-7-10(3-4-12(9)13)15(2)8-11(16)5-6-14/h3-4,7H,5,8H2,1-2H3. The van der Waals surface area contributed by atoms with Gasteiger partial charge in [-0.1, -0.05) is 0 Å². The van der Waals surface area contributed by atoms with Gasteiger partial charge < -0.3 is 4.90 Å². The fraction of sp³-hybridized carbons (Fsp3) is 0.333. The summed E-state index contributed by atoms with van der Waals surface area (Å²) in [7, 11) is 1.74. The number of likely N-dealkylation sites (N-methyl/N-ethyl adjacent to an activating group) is 1. The summed E-state index contributed by atoms with van der Waals surface area (Å²) in [5.74, 6) is -0.410. The normalized spacial score (nSPS) is 9.62. The molecular formula is C12H13FN2O. The molecule has 0 heterocycles. The molecule has 16 heavy (non-hydrogen) atoms. The lowest BCUT2D eigenvalue weighted by Gasteiger charge is -2.18. The molecule has 0 aromatic heterocycles. The van der Waals surface area contributed by atoms with Crippen molar-refractivity contribution in [1.82, 2.24) is 0 Å². The van der Waals surface area contributed by atoms with E-state index >= 15 is 0 Å². The van der Waals surface area contributed by atoms with Crippen LogP contribution < -0.4 is 4.90 Å². The van der Waals surface area contributed by atoms with E-state index in [0.717, 1.165) is 5.69 Å². The van der Waals surface area contributed by atoms with Crippen LogP contribution in [0.5, 0.6) is 0 Å². The van der Waals surface area contributed by atoms with Crippen molar-refractivity contribution in [2.24, 2.45) is 0 Å². The number of hydrogen-bond acceptors (Lipinski definition) is 3. The predicted molar refractivity (Wildman–Crippen MR) is 59.6 cm³/mol. The number of ketones is 1. The highest BCUT2D eigenvalue weighted by Crippen LogP contribution is 2.16. The van der Waals surface area contributed by atoms with E-state index in [9.17, 15) is 9.18 Å². The molecule has 3 nitrogen and oxygen atoms in total. The molecule has 0 aliphatic carbocycles. The van der Waals surface area contributed by atoms with Crippen molar-refractivity contribution < 1.29 is 9.18 Å². The van der Waals surface area contributed by atoms with Gasteiger partial charge in [0, 0.05) is 12.7 Å². The van der Waals surface area contributed by atoms with Gasteiger partial charge in [-0.2, -0.15) is 5.26 Å². The third-order valence-corrected chi connectivity index (χ3v) is 2.27. The summed E-state index contributed by atoms with van der Waals surface area (Å²) < 4.78 is 13.0. The van der Waals surface area contributed by atoms with Crippen molar-refractivity contribution in [2.45, 2.75) is 13.3 Å².